The summed E-state index contributed by atoms with van der Waals surface area (Å²) in [4.78, 5) is 8.81. The van der Waals surface area contributed by atoms with Gasteiger partial charge in [-0.15, -0.1) is 53.6 Å². The van der Waals surface area contributed by atoms with Crippen LogP contribution in [0.25, 0.3) is 55.6 Å². The molecule has 40 heavy (non-hydrogen) atoms. The van der Waals surface area contributed by atoms with Crippen molar-refractivity contribution < 1.29 is 24.5 Å². The zero-order valence-electron chi connectivity index (χ0n) is 22.2. The zero-order valence-corrected chi connectivity index (χ0v) is 24.6. The summed E-state index contributed by atoms with van der Waals surface area (Å²) < 4.78 is 6.35. The van der Waals surface area contributed by atoms with Crippen LogP contribution in [-0.2, 0) is 20.1 Å². The summed E-state index contributed by atoms with van der Waals surface area (Å²) in [5.41, 5.74) is 10.2. The number of hydrogen-bond donors (Lipinski definition) is 0. The van der Waals surface area contributed by atoms with Crippen molar-refractivity contribution >= 4 is 21.9 Å². The van der Waals surface area contributed by atoms with Crippen LogP contribution in [-0.4, -0.2) is 9.97 Å². The first-order chi connectivity index (χ1) is 19.2. The van der Waals surface area contributed by atoms with E-state index in [0.717, 1.165) is 55.6 Å². The van der Waals surface area contributed by atoms with E-state index in [4.69, 9.17) is 4.42 Å². The van der Waals surface area contributed by atoms with Gasteiger partial charge < -0.3 is 14.4 Å². The zero-order chi connectivity index (χ0) is 26.6. The van der Waals surface area contributed by atoms with Crippen molar-refractivity contribution in [3.63, 3.8) is 0 Å². The minimum atomic E-state index is 0. The van der Waals surface area contributed by atoms with Gasteiger partial charge in [-0.3, -0.25) is 0 Å². The maximum absolute atomic E-state index is 6.35. The summed E-state index contributed by atoms with van der Waals surface area (Å²) in [5.74, 6) is 0. The van der Waals surface area contributed by atoms with E-state index in [9.17, 15) is 0 Å². The van der Waals surface area contributed by atoms with Gasteiger partial charge in [-0.2, -0.15) is 0 Å². The first kappa shape index (κ1) is 27.2. The molecule has 0 saturated heterocycles. The summed E-state index contributed by atoms with van der Waals surface area (Å²) in [6.45, 7) is 4.10. The molecule has 3 heterocycles. The third kappa shape index (κ3) is 5.65. The van der Waals surface area contributed by atoms with E-state index in [1.807, 2.05) is 73.8 Å². The first-order valence-corrected chi connectivity index (χ1v) is 12.9. The maximum atomic E-state index is 6.35. The van der Waals surface area contributed by atoms with Crippen molar-refractivity contribution in [2.75, 3.05) is 0 Å². The standard InChI is InChI=1S/C23H14NO.C13H12N.Ir/c1-2-8-16(9-3-1)17-10-6-11-18-19-12-7-13-20(23(19)25-22(17)18)21-14-4-5-15-24-21;1-10-3-6-12(7-4-10)13-8-5-11(2)9-14-13;/h1-12,14-15H;3-6,8-9H,1-2H3;/q2*-1;. The van der Waals surface area contributed by atoms with Crippen LogP contribution in [0, 0.1) is 26.0 Å². The molecule has 0 aliphatic carbocycles. The average Bonchev–Trinajstić information content (AvgIpc) is 3.38. The Balaban J connectivity index is 0.000000184. The number of para-hydroxylation sites is 1. The van der Waals surface area contributed by atoms with Gasteiger partial charge in [0.1, 0.15) is 5.58 Å². The molecule has 0 aliphatic heterocycles. The number of rotatable bonds is 3. The van der Waals surface area contributed by atoms with Crippen LogP contribution in [0.1, 0.15) is 11.1 Å². The number of hydrogen-bond acceptors (Lipinski definition) is 3. The summed E-state index contributed by atoms with van der Waals surface area (Å²) in [6.07, 6.45) is 3.67. The van der Waals surface area contributed by atoms with Gasteiger partial charge in [-0.1, -0.05) is 90.7 Å². The molecule has 197 valence electrons. The van der Waals surface area contributed by atoms with E-state index < -0.39 is 0 Å². The van der Waals surface area contributed by atoms with E-state index in [-0.39, 0.29) is 20.1 Å². The third-order valence-electron chi connectivity index (χ3n) is 6.62. The molecule has 0 bridgehead atoms. The minimum Gasteiger partial charge on any atom is -0.500 e. The van der Waals surface area contributed by atoms with Crippen LogP contribution in [0.4, 0.5) is 0 Å². The van der Waals surface area contributed by atoms with Gasteiger partial charge in [-0.05, 0) is 35.5 Å². The Morgan fingerprint density at radius 3 is 2.15 bits per heavy atom. The predicted octanol–water partition coefficient (Wildman–Crippen LogP) is 9.28. The Morgan fingerprint density at radius 1 is 0.625 bits per heavy atom. The fraction of sp³-hybridized carbons (Fsp3) is 0.0556. The Hall–Kier alpha value is -4.37. The third-order valence-corrected chi connectivity index (χ3v) is 6.62. The molecule has 0 unspecified atom stereocenters. The molecule has 7 aromatic rings. The van der Waals surface area contributed by atoms with Gasteiger partial charge in [0.25, 0.3) is 0 Å². The van der Waals surface area contributed by atoms with Gasteiger partial charge in [0.2, 0.25) is 0 Å². The molecule has 0 aliphatic rings. The fourth-order valence-corrected chi connectivity index (χ4v) is 4.60. The van der Waals surface area contributed by atoms with Crippen LogP contribution in [0.5, 0.6) is 0 Å². The van der Waals surface area contributed by atoms with E-state index in [2.05, 4.69) is 77.6 Å². The van der Waals surface area contributed by atoms with Crippen LogP contribution in [0.15, 0.2) is 126 Å². The maximum Gasteiger partial charge on any atom is 0.128 e. The molecule has 0 atom stereocenters. The smallest absolute Gasteiger partial charge is 0.128 e. The number of fused-ring (bicyclic) bond motifs is 3. The summed E-state index contributed by atoms with van der Waals surface area (Å²) >= 11 is 0. The van der Waals surface area contributed by atoms with E-state index in [1.165, 1.54) is 11.1 Å². The second-order valence-corrected chi connectivity index (χ2v) is 9.46. The van der Waals surface area contributed by atoms with Crippen molar-refractivity contribution in [3.8, 4) is 33.6 Å². The Kier molecular flexibility index (Phi) is 8.31. The Morgan fingerprint density at radius 2 is 1.43 bits per heavy atom. The number of furan rings is 1. The molecular formula is C36H26IrN2O-2. The topological polar surface area (TPSA) is 38.9 Å². The van der Waals surface area contributed by atoms with Crippen molar-refractivity contribution in [1.82, 2.24) is 9.97 Å². The van der Waals surface area contributed by atoms with Crippen LogP contribution >= 0.6 is 0 Å². The summed E-state index contributed by atoms with van der Waals surface area (Å²) in [5, 5.41) is 2.20. The van der Waals surface area contributed by atoms with E-state index in [0.29, 0.717) is 0 Å². The van der Waals surface area contributed by atoms with Gasteiger partial charge >= 0.3 is 0 Å². The molecular weight excluding hydrogens is 669 g/mol. The van der Waals surface area contributed by atoms with Crippen LogP contribution in [0.3, 0.4) is 0 Å². The molecule has 0 spiro atoms. The van der Waals surface area contributed by atoms with Gasteiger partial charge in [0.15, 0.2) is 0 Å². The average molecular weight is 695 g/mol. The summed E-state index contributed by atoms with van der Waals surface area (Å²) in [7, 11) is 0. The van der Waals surface area contributed by atoms with Crippen molar-refractivity contribution in [2.24, 2.45) is 0 Å². The molecule has 7 rings (SSSR count). The summed E-state index contributed by atoms with van der Waals surface area (Å²) in [6, 6.07) is 43.2. The molecule has 4 heteroatoms. The Bertz CT molecular complexity index is 1710. The number of aromatic nitrogens is 2. The number of nitrogens with zero attached hydrogens (tertiary/aromatic N) is 2. The SMILES string of the molecule is Cc1c[c-]c(-c2ccc(C)cn2)cc1.[Ir].[c-]1ccc2c(oc3c(-c4ccccc4)cccc32)c1-c1ccccn1. The molecule has 0 amide bonds. The molecule has 0 fully saturated rings. The van der Waals surface area contributed by atoms with Crippen molar-refractivity contribution in [1.29, 1.82) is 0 Å². The monoisotopic (exact) mass is 695 g/mol. The van der Waals surface area contributed by atoms with Gasteiger partial charge in [-0.25, -0.2) is 0 Å². The predicted molar refractivity (Wildman–Crippen MR) is 159 cm³/mol. The molecule has 3 aromatic heterocycles. The normalized spacial score (nSPS) is 10.6. The Labute approximate surface area is 247 Å². The number of aryl methyl sites for hydroxylation is 2. The number of pyridine rings is 2. The van der Waals surface area contributed by atoms with Gasteiger partial charge in [0, 0.05) is 43.4 Å². The molecule has 3 nitrogen and oxygen atoms in total. The van der Waals surface area contributed by atoms with E-state index >= 15 is 0 Å². The van der Waals surface area contributed by atoms with Crippen LogP contribution < -0.4 is 0 Å². The molecule has 1 radical (unpaired) electrons. The molecule has 4 aromatic carbocycles. The molecule has 0 saturated carbocycles. The largest absolute Gasteiger partial charge is 0.500 e. The quantitative estimate of drug-likeness (QED) is 0.173. The minimum absolute atomic E-state index is 0. The number of benzene rings is 4. The second kappa shape index (κ2) is 12.2. The first-order valence-electron chi connectivity index (χ1n) is 12.9. The van der Waals surface area contributed by atoms with Crippen LogP contribution in [0.2, 0.25) is 0 Å². The second-order valence-electron chi connectivity index (χ2n) is 9.46. The van der Waals surface area contributed by atoms with Gasteiger partial charge in [0.05, 0.1) is 5.58 Å². The van der Waals surface area contributed by atoms with Crippen molar-refractivity contribution in [2.45, 2.75) is 13.8 Å². The van der Waals surface area contributed by atoms with E-state index in [1.54, 1.807) is 6.20 Å². The van der Waals surface area contributed by atoms with Crippen molar-refractivity contribution in [3.05, 3.63) is 145 Å². The molecule has 0 N–H and O–H groups in total. The fourth-order valence-electron chi connectivity index (χ4n) is 4.60.